The number of pyridine rings is 1. The molecular weight excluding hydrogens is 288 g/mol. The van der Waals surface area contributed by atoms with Crippen LogP contribution in [0.25, 0.3) is 10.8 Å². The van der Waals surface area contributed by atoms with Crippen LogP contribution >= 0.6 is 11.6 Å². The average molecular weight is 299 g/mol. The highest BCUT2D eigenvalue weighted by Gasteiger charge is 2.10. The maximum Gasteiger partial charge on any atom is 0.255 e. The number of phenols is 1. The van der Waals surface area contributed by atoms with E-state index in [1.54, 1.807) is 12.4 Å². The highest BCUT2D eigenvalue weighted by molar-refractivity contribution is 6.32. The summed E-state index contributed by atoms with van der Waals surface area (Å²) in [7, 11) is 0. The van der Waals surface area contributed by atoms with Gasteiger partial charge in [-0.25, -0.2) is 0 Å². The van der Waals surface area contributed by atoms with Gasteiger partial charge in [0.2, 0.25) is 0 Å². The largest absolute Gasteiger partial charge is 0.506 e. The first-order valence-electron chi connectivity index (χ1n) is 6.28. The van der Waals surface area contributed by atoms with Gasteiger partial charge in [0.05, 0.1) is 5.02 Å². The van der Waals surface area contributed by atoms with Gasteiger partial charge in [0.1, 0.15) is 5.75 Å². The molecule has 0 aliphatic rings. The van der Waals surface area contributed by atoms with Crippen LogP contribution in [0.5, 0.6) is 5.75 Å². The number of benzene rings is 2. The van der Waals surface area contributed by atoms with Gasteiger partial charge in [-0.2, -0.15) is 0 Å². The lowest BCUT2D eigenvalue weighted by molar-refractivity contribution is 0.102. The molecule has 1 aromatic heterocycles. The van der Waals surface area contributed by atoms with Crippen molar-refractivity contribution in [3.05, 3.63) is 65.4 Å². The topological polar surface area (TPSA) is 62.2 Å². The standard InChI is InChI=1S/C16H11ClN2O2/c17-13-8-10(4-5-15(13)20)16(21)19-14-3-1-2-11-9-18-7-6-12(11)14/h1-9,20H,(H,19,21). The van der Waals surface area contributed by atoms with Crippen molar-refractivity contribution in [3.8, 4) is 5.75 Å². The van der Waals surface area contributed by atoms with Gasteiger partial charge in [-0.1, -0.05) is 23.7 Å². The second-order valence-electron chi connectivity index (χ2n) is 4.52. The van der Waals surface area contributed by atoms with Crippen LogP contribution in [0.1, 0.15) is 10.4 Å². The van der Waals surface area contributed by atoms with E-state index in [-0.39, 0.29) is 16.7 Å². The number of aromatic nitrogens is 1. The average Bonchev–Trinajstić information content (AvgIpc) is 2.50. The van der Waals surface area contributed by atoms with Crippen LogP contribution in [0.2, 0.25) is 5.02 Å². The summed E-state index contributed by atoms with van der Waals surface area (Å²) in [5.74, 6) is -0.342. The van der Waals surface area contributed by atoms with E-state index in [1.165, 1.54) is 18.2 Å². The molecule has 3 aromatic rings. The molecule has 0 spiro atoms. The molecule has 0 aliphatic heterocycles. The first-order chi connectivity index (χ1) is 10.1. The first-order valence-corrected chi connectivity index (χ1v) is 6.65. The number of carbonyl (C=O) groups excluding carboxylic acids is 1. The van der Waals surface area contributed by atoms with Crippen molar-refractivity contribution in [2.45, 2.75) is 0 Å². The minimum atomic E-state index is -0.291. The van der Waals surface area contributed by atoms with Crippen molar-refractivity contribution in [1.29, 1.82) is 0 Å². The molecule has 0 radical (unpaired) electrons. The maximum absolute atomic E-state index is 12.3. The van der Waals surface area contributed by atoms with Crippen molar-refractivity contribution in [2.75, 3.05) is 5.32 Å². The number of amides is 1. The van der Waals surface area contributed by atoms with Crippen LogP contribution in [0, 0.1) is 0 Å². The highest BCUT2D eigenvalue weighted by atomic mass is 35.5. The SMILES string of the molecule is O=C(Nc1cccc2cnccc12)c1ccc(O)c(Cl)c1. The number of rotatable bonds is 2. The van der Waals surface area contributed by atoms with Crippen LogP contribution in [-0.4, -0.2) is 16.0 Å². The number of carbonyl (C=O) groups is 1. The molecule has 3 rings (SSSR count). The van der Waals surface area contributed by atoms with Crippen LogP contribution < -0.4 is 5.32 Å². The summed E-state index contributed by atoms with van der Waals surface area (Å²) in [5.41, 5.74) is 1.08. The predicted molar refractivity (Wildman–Crippen MR) is 82.8 cm³/mol. The Kier molecular flexibility index (Phi) is 3.46. The van der Waals surface area contributed by atoms with E-state index in [2.05, 4.69) is 10.3 Å². The van der Waals surface area contributed by atoms with E-state index < -0.39 is 0 Å². The lowest BCUT2D eigenvalue weighted by Crippen LogP contribution is -2.12. The number of hydrogen-bond acceptors (Lipinski definition) is 3. The molecule has 1 amide bonds. The quantitative estimate of drug-likeness (QED) is 0.755. The number of halogens is 1. The minimum Gasteiger partial charge on any atom is -0.506 e. The third-order valence-electron chi connectivity index (χ3n) is 3.14. The van der Waals surface area contributed by atoms with E-state index in [1.807, 2.05) is 24.3 Å². The lowest BCUT2D eigenvalue weighted by Gasteiger charge is -2.09. The number of aromatic hydroxyl groups is 1. The Labute approximate surface area is 126 Å². The molecule has 0 saturated carbocycles. The van der Waals surface area contributed by atoms with Gasteiger partial charge in [0.15, 0.2) is 0 Å². The molecule has 4 nitrogen and oxygen atoms in total. The van der Waals surface area contributed by atoms with E-state index in [0.29, 0.717) is 11.3 Å². The summed E-state index contributed by atoms with van der Waals surface area (Å²) in [6.07, 6.45) is 3.41. The fourth-order valence-corrected chi connectivity index (χ4v) is 2.25. The third-order valence-corrected chi connectivity index (χ3v) is 3.44. The fraction of sp³-hybridized carbons (Fsp3) is 0. The Hall–Kier alpha value is -2.59. The molecule has 0 aliphatic carbocycles. The van der Waals surface area contributed by atoms with Crippen LogP contribution in [0.4, 0.5) is 5.69 Å². The smallest absolute Gasteiger partial charge is 0.255 e. The van der Waals surface area contributed by atoms with Gasteiger partial charge in [0, 0.05) is 34.4 Å². The summed E-state index contributed by atoms with van der Waals surface area (Å²) >= 11 is 5.82. The number of phenolic OH excluding ortho intramolecular Hbond substituents is 1. The van der Waals surface area contributed by atoms with Gasteiger partial charge in [-0.05, 0) is 30.3 Å². The summed E-state index contributed by atoms with van der Waals surface area (Å²) < 4.78 is 0. The summed E-state index contributed by atoms with van der Waals surface area (Å²) in [6, 6.07) is 11.8. The Morgan fingerprint density at radius 2 is 2.05 bits per heavy atom. The molecular formula is C16H11ClN2O2. The second kappa shape index (κ2) is 5.42. The molecule has 2 aromatic carbocycles. The molecule has 0 saturated heterocycles. The Morgan fingerprint density at radius 3 is 2.86 bits per heavy atom. The van der Waals surface area contributed by atoms with Gasteiger partial charge < -0.3 is 10.4 Å². The molecule has 0 unspecified atom stereocenters. The normalized spacial score (nSPS) is 10.5. The Balaban J connectivity index is 1.94. The van der Waals surface area contributed by atoms with Crippen molar-refractivity contribution in [1.82, 2.24) is 4.98 Å². The van der Waals surface area contributed by atoms with Crippen LogP contribution in [0.15, 0.2) is 54.9 Å². The molecule has 1 heterocycles. The van der Waals surface area contributed by atoms with E-state index in [0.717, 1.165) is 10.8 Å². The maximum atomic E-state index is 12.3. The number of nitrogens with one attached hydrogen (secondary N) is 1. The van der Waals surface area contributed by atoms with Gasteiger partial charge in [-0.3, -0.25) is 9.78 Å². The molecule has 21 heavy (non-hydrogen) atoms. The van der Waals surface area contributed by atoms with Crippen molar-refractivity contribution in [3.63, 3.8) is 0 Å². The molecule has 2 N–H and O–H groups in total. The Bertz CT molecular complexity index is 828. The molecule has 5 heteroatoms. The summed E-state index contributed by atoms with van der Waals surface area (Å²) in [4.78, 5) is 16.3. The van der Waals surface area contributed by atoms with Crippen molar-refractivity contribution in [2.24, 2.45) is 0 Å². The fourth-order valence-electron chi connectivity index (χ4n) is 2.07. The number of anilines is 1. The molecule has 104 valence electrons. The monoisotopic (exact) mass is 298 g/mol. The highest BCUT2D eigenvalue weighted by Crippen LogP contribution is 2.26. The van der Waals surface area contributed by atoms with Crippen LogP contribution in [0.3, 0.4) is 0 Å². The number of fused-ring (bicyclic) bond motifs is 1. The van der Waals surface area contributed by atoms with Crippen molar-refractivity contribution >= 4 is 34.0 Å². The van der Waals surface area contributed by atoms with E-state index >= 15 is 0 Å². The zero-order valence-corrected chi connectivity index (χ0v) is 11.6. The third kappa shape index (κ3) is 2.66. The zero-order chi connectivity index (χ0) is 14.8. The van der Waals surface area contributed by atoms with Gasteiger partial charge >= 0.3 is 0 Å². The van der Waals surface area contributed by atoms with E-state index in [4.69, 9.17) is 11.6 Å². The first kappa shape index (κ1) is 13.4. The molecule has 0 fully saturated rings. The summed E-state index contributed by atoms with van der Waals surface area (Å²) in [5, 5.41) is 14.2. The van der Waals surface area contributed by atoms with Gasteiger partial charge in [-0.15, -0.1) is 0 Å². The predicted octanol–water partition coefficient (Wildman–Crippen LogP) is 3.85. The summed E-state index contributed by atoms with van der Waals surface area (Å²) in [6.45, 7) is 0. The number of nitrogens with zero attached hydrogens (tertiary/aromatic N) is 1. The second-order valence-corrected chi connectivity index (χ2v) is 4.93. The minimum absolute atomic E-state index is 0.0514. The van der Waals surface area contributed by atoms with E-state index in [9.17, 15) is 9.90 Å². The zero-order valence-electron chi connectivity index (χ0n) is 10.9. The molecule has 0 atom stereocenters. The Morgan fingerprint density at radius 1 is 1.19 bits per heavy atom. The van der Waals surface area contributed by atoms with Crippen molar-refractivity contribution < 1.29 is 9.90 Å². The lowest BCUT2D eigenvalue weighted by atomic mass is 10.1. The van der Waals surface area contributed by atoms with Gasteiger partial charge in [0.25, 0.3) is 5.91 Å². The van der Waals surface area contributed by atoms with Crippen LogP contribution in [-0.2, 0) is 0 Å². The molecule has 0 bridgehead atoms. The number of hydrogen-bond donors (Lipinski definition) is 2.